The zero-order chi connectivity index (χ0) is 19.0. The minimum absolute atomic E-state index is 0.0261. The molecule has 0 bridgehead atoms. The van der Waals surface area contributed by atoms with Gasteiger partial charge in [-0.05, 0) is 37.6 Å². The van der Waals surface area contributed by atoms with Crippen molar-refractivity contribution in [3.63, 3.8) is 0 Å². The van der Waals surface area contributed by atoms with Gasteiger partial charge in [-0.25, -0.2) is 4.98 Å². The van der Waals surface area contributed by atoms with Crippen LogP contribution in [0.15, 0.2) is 47.3 Å². The minimum atomic E-state index is -0.219. The number of para-hydroxylation sites is 1. The second kappa shape index (κ2) is 6.87. The summed E-state index contributed by atoms with van der Waals surface area (Å²) in [5, 5.41) is 3.54. The average molecular weight is 363 g/mol. The van der Waals surface area contributed by atoms with Crippen LogP contribution in [0.5, 0.6) is 5.75 Å². The van der Waals surface area contributed by atoms with Crippen molar-refractivity contribution in [1.82, 2.24) is 14.9 Å². The number of amides is 1. The van der Waals surface area contributed by atoms with E-state index in [2.05, 4.69) is 10.3 Å². The van der Waals surface area contributed by atoms with Gasteiger partial charge in [0.15, 0.2) is 0 Å². The molecule has 1 aliphatic rings. The maximum atomic E-state index is 12.7. The van der Waals surface area contributed by atoms with E-state index in [1.165, 1.54) is 0 Å². The van der Waals surface area contributed by atoms with Gasteiger partial charge in [-0.15, -0.1) is 0 Å². The summed E-state index contributed by atoms with van der Waals surface area (Å²) in [4.78, 5) is 29.9. The number of nitrogens with one attached hydrogen (secondary N) is 1. The van der Waals surface area contributed by atoms with Crippen molar-refractivity contribution in [3.8, 4) is 5.75 Å². The summed E-state index contributed by atoms with van der Waals surface area (Å²) < 4.78 is 7.10. The van der Waals surface area contributed by atoms with Crippen LogP contribution in [0.2, 0.25) is 0 Å². The van der Waals surface area contributed by atoms with Gasteiger partial charge in [0, 0.05) is 24.1 Å². The molecule has 0 radical (unpaired) electrons. The van der Waals surface area contributed by atoms with Gasteiger partial charge in [-0.2, -0.15) is 0 Å². The summed E-state index contributed by atoms with van der Waals surface area (Å²) in [6.07, 6.45) is 1.73. The highest BCUT2D eigenvalue weighted by molar-refractivity contribution is 5.97. The quantitative estimate of drug-likeness (QED) is 0.774. The number of hydrogen-bond donors (Lipinski definition) is 1. The highest BCUT2D eigenvalue weighted by atomic mass is 16.5. The number of carbonyl (C=O) groups excluding carboxylic acids is 1. The second-order valence-corrected chi connectivity index (χ2v) is 6.76. The van der Waals surface area contributed by atoms with Crippen molar-refractivity contribution < 1.29 is 9.53 Å². The van der Waals surface area contributed by atoms with Gasteiger partial charge in [-0.3, -0.25) is 14.2 Å². The number of ether oxygens (including phenoxy) is 1. The summed E-state index contributed by atoms with van der Waals surface area (Å²) in [5.74, 6) is 1.32. The summed E-state index contributed by atoms with van der Waals surface area (Å²) in [7, 11) is 1.61. The third-order valence-corrected chi connectivity index (χ3v) is 5.03. The van der Waals surface area contributed by atoms with Gasteiger partial charge < -0.3 is 10.1 Å². The molecule has 1 atom stereocenters. The van der Waals surface area contributed by atoms with E-state index in [0.29, 0.717) is 16.5 Å². The summed E-state index contributed by atoms with van der Waals surface area (Å²) in [5.41, 5.74) is 1.94. The number of aryl methyl sites for hydroxylation is 1. The van der Waals surface area contributed by atoms with E-state index in [0.717, 1.165) is 36.5 Å². The molecule has 0 unspecified atom stereocenters. The van der Waals surface area contributed by atoms with Gasteiger partial charge >= 0.3 is 0 Å². The number of rotatable bonds is 4. The van der Waals surface area contributed by atoms with Crippen molar-refractivity contribution in [3.05, 3.63) is 69.8 Å². The molecule has 0 fully saturated rings. The zero-order valence-electron chi connectivity index (χ0n) is 15.4. The molecule has 2 aromatic carbocycles. The fourth-order valence-electron chi connectivity index (χ4n) is 3.61. The molecule has 0 saturated carbocycles. The monoisotopic (exact) mass is 363 g/mol. The summed E-state index contributed by atoms with van der Waals surface area (Å²) in [6, 6.07) is 12.4. The Balaban J connectivity index is 1.63. The average Bonchev–Trinajstić information content (AvgIpc) is 3.16. The molecular formula is C21H21N3O3. The van der Waals surface area contributed by atoms with Crippen molar-refractivity contribution >= 4 is 16.8 Å². The van der Waals surface area contributed by atoms with E-state index >= 15 is 0 Å². The first-order valence-corrected chi connectivity index (χ1v) is 9.05. The topological polar surface area (TPSA) is 73.2 Å². The van der Waals surface area contributed by atoms with Gasteiger partial charge in [-0.1, -0.05) is 18.2 Å². The van der Waals surface area contributed by atoms with Crippen LogP contribution in [0.4, 0.5) is 0 Å². The van der Waals surface area contributed by atoms with Crippen LogP contribution in [0.1, 0.15) is 41.1 Å². The van der Waals surface area contributed by atoms with Crippen LogP contribution in [-0.2, 0) is 13.0 Å². The lowest BCUT2D eigenvalue weighted by atomic mass is 10.1. The molecule has 0 spiro atoms. The molecule has 6 nitrogen and oxygen atoms in total. The molecule has 3 aromatic rings. The number of benzene rings is 2. The predicted octanol–water partition coefficient (Wildman–Crippen LogP) is 2.84. The standard InChI is InChI=1S/C21H21N3O3/c1-13(15-6-3-4-7-18(15)27-2)22-20(25)14-9-10-16-17(12-14)23-19-8-5-11-24(19)21(16)26/h3-4,6-7,9-10,12-13H,5,8,11H2,1-2H3,(H,22,25)/t13-/m1/s1. The Morgan fingerprint density at radius 1 is 1.26 bits per heavy atom. The molecule has 1 aromatic heterocycles. The maximum absolute atomic E-state index is 12.7. The summed E-state index contributed by atoms with van der Waals surface area (Å²) in [6.45, 7) is 2.63. The molecule has 1 N–H and O–H groups in total. The first kappa shape index (κ1) is 17.3. The van der Waals surface area contributed by atoms with E-state index in [1.54, 1.807) is 29.9 Å². The molecular weight excluding hydrogens is 342 g/mol. The van der Waals surface area contributed by atoms with E-state index in [-0.39, 0.29) is 17.5 Å². The van der Waals surface area contributed by atoms with Crippen molar-refractivity contribution in [2.75, 3.05) is 7.11 Å². The molecule has 6 heteroatoms. The van der Waals surface area contributed by atoms with Crippen LogP contribution in [0, 0.1) is 0 Å². The maximum Gasteiger partial charge on any atom is 0.261 e. The van der Waals surface area contributed by atoms with Crippen LogP contribution >= 0.6 is 0 Å². The molecule has 138 valence electrons. The zero-order valence-corrected chi connectivity index (χ0v) is 15.4. The van der Waals surface area contributed by atoms with E-state index < -0.39 is 0 Å². The number of fused-ring (bicyclic) bond motifs is 2. The van der Waals surface area contributed by atoms with Crippen LogP contribution < -0.4 is 15.6 Å². The first-order valence-electron chi connectivity index (χ1n) is 9.05. The van der Waals surface area contributed by atoms with E-state index in [1.807, 2.05) is 31.2 Å². The van der Waals surface area contributed by atoms with Crippen LogP contribution in [0.25, 0.3) is 10.9 Å². The smallest absolute Gasteiger partial charge is 0.261 e. The molecule has 1 amide bonds. The van der Waals surface area contributed by atoms with Crippen molar-refractivity contribution in [2.45, 2.75) is 32.4 Å². The van der Waals surface area contributed by atoms with Gasteiger partial charge in [0.1, 0.15) is 11.6 Å². The highest BCUT2D eigenvalue weighted by Gasteiger charge is 2.18. The largest absolute Gasteiger partial charge is 0.496 e. The Hall–Kier alpha value is -3.15. The molecule has 27 heavy (non-hydrogen) atoms. The van der Waals surface area contributed by atoms with Gasteiger partial charge in [0.25, 0.3) is 11.5 Å². The lowest BCUT2D eigenvalue weighted by Gasteiger charge is -2.17. The lowest BCUT2D eigenvalue weighted by Crippen LogP contribution is -2.27. The van der Waals surface area contributed by atoms with Crippen molar-refractivity contribution in [1.29, 1.82) is 0 Å². The number of methoxy groups -OCH3 is 1. The number of nitrogens with zero attached hydrogens (tertiary/aromatic N) is 2. The predicted molar refractivity (Wildman–Crippen MR) is 103 cm³/mol. The number of aromatic nitrogens is 2. The Morgan fingerprint density at radius 3 is 2.89 bits per heavy atom. The molecule has 2 heterocycles. The molecule has 0 saturated heterocycles. The van der Waals surface area contributed by atoms with E-state index in [9.17, 15) is 9.59 Å². The number of carbonyl (C=O) groups is 1. The normalized spacial score (nSPS) is 14.0. The Bertz CT molecular complexity index is 1090. The lowest BCUT2D eigenvalue weighted by molar-refractivity contribution is 0.0939. The molecule has 4 rings (SSSR count). The summed E-state index contributed by atoms with van der Waals surface area (Å²) >= 11 is 0. The first-order chi connectivity index (χ1) is 13.1. The fraction of sp³-hybridized carbons (Fsp3) is 0.286. The Morgan fingerprint density at radius 2 is 2.07 bits per heavy atom. The SMILES string of the molecule is COc1ccccc1[C@@H](C)NC(=O)c1ccc2c(=O)n3c(nc2c1)CCC3. The fourth-order valence-corrected chi connectivity index (χ4v) is 3.61. The van der Waals surface area contributed by atoms with E-state index in [4.69, 9.17) is 4.74 Å². The third-order valence-electron chi connectivity index (χ3n) is 5.03. The molecule has 1 aliphatic heterocycles. The number of hydrogen-bond acceptors (Lipinski definition) is 4. The van der Waals surface area contributed by atoms with Crippen LogP contribution in [0.3, 0.4) is 0 Å². The Kier molecular flexibility index (Phi) is 4.39. The Labute approximate surface area is 156 Å². The third kappa shape index (κ3) is 3.07. The van der Waals surface area contributed by atoms with Gasteiger partial charge in [0.05, 0.1) is 24.1 Å². The second-order valence-electron chi connectivity index (χ2n) is 6.76. The van der Waals surface area contributed by atoms with Crippen molar-refractivity contribution in [2.24, 2.45) is 0 Å². The molecule has 0 aliphatic carbocycles. The minimum Gasteiger partial charge on any atom is -0.496 e. The van der Waals surface area contributed by atoms with Crippen LogP contribution in [-0.4, -0.2) is 22.6 Å². The highest BCUT2D eigenvalue weighted by Crippen LogP contribution is 2.25. The van der Waals surface area contributed by atoms with Gasteiger partial charge in [0.2, 0.25) is 0 Å².